The first-order valence-electron chi connectivity index (χ1n) is 12.1. The minimum absolute atomic E-state index is 0.0745. The molecule has 30 heavy (non-hydrogen) atoms. The summed E-state index contributed by atoms with van der Waals surface area (Å²) in [6, 6.07) is 8.01. The summed E-state index contributed by atoms with van der Waals surface area (Å²) < 4.78 is 11.2. The fourth-order valence-corrected chi connectivity index (χ4v) is 21.2. The number of unbranched alkanes of at least 4 members (excludes halogenated alkanes) is 3. The second kappa shape index (κ2) is 15.3. The number of hydrogen-bond acceptors (Lipinski definition) is 2. The van der Waals surface area contributed by atoms with Gasteiger partial charge in [-0.3, -0.25) is 0 Å². The van der Waals surface area contributed by atoms with Gasteiger partial charge in [-0.25, -0.2) is 0 Å². The van der Waals surface area contributed by atoms with Gasteiger partial charge in [0.2, 0.25) is 0 Å². The number of hydrogen-bond donors (Lipinski definition) is 0. The molecule has 0 saturated heterocycles. The average Bonchev–Trinajstić information content (AvgIpc) is 2.75. The van der Waals surface area contributed by atoms with Gasteiger partial charge in [0, 0.05) is 0 Å². The average molecular weight is 542 g/mol. The Kier molecular flexibility index (Phi) is 14.1. The number of halogens is 1. The molecule has 1 rings (SSSR count). The van der Waals surface area contributed by atoms with E-state index in [4.69, 9.17) is 16.3 Å². The first-order valence-corrected chi connectivity index (χ1v) is 19.9. The summed E-state index contributed by atoms with van der Waals surface area (Å²) in [5, 5.41) is 0.755. The van der Waals surface area contributed by atoms with Crippen molar-refractivity contribution in [1.29, 1.82) is 0 Å². The van der Waals surface area contributed by atoms with Gasteiger partial charge in [-0.05, 0) is 0 Å². The second-order valence-electron chi connectivity index (χ2n) is 8.54. The molecule has 4 heteroatoms. The van der Waals surface area contributed by atoms with Crippen LogP contribution in [0.5, 0.6) is 0 Å². The fourth-order valence-electron chi connectivity index (χ4n) is 4.38. The van der Waals surface area contributed by atoms with Gasteiger partial charge in [0.25, 0.3) is 0 Å². The van der Waals surface area contributed by atoms with Gasteiger partial charge in [-0.1, -0.05) is 0 Å². The van der Waals surface area contributed by atoms with Crippen LogP contribution in [0.4, 0.5) is 0 Å². The molecule has 0 N–H and O–H groups in total. The molecule has 0 unspecified atom stereocenters. The van der Waals surface area contributed by atoms with Crippen LogP contribution in [-0.4, -0.2) is 31.0 Å². The van der Waals surface area contributed by atoms with Gasteiger partial charge in [0.05, 0.1) is 0 Å². The predicted octanol–water partition coefficient (Wildman–Crippen LogP) is 8.54. The van der Waals surface area contributed by atoms with Crippen molar-refractivity contribution in [3.8, 4) is 0 Å². The molecule has 0 saturated carbocycles. The zero-order chi connectivity index (χ0) is 22.4. The number of ether oxygens (including phenoxy) is 1. The van der Waals surface area contributed by atoms with Crippen LogP contribution in [0, 0.1) is 0 Å². The van der Waals surface area contributed by atoms with Crippen molar-refractivity contribution in [3.05, 3.63) is 44.0 Å². The van der Waals surface area contributed by atoms with Gasteiger partial charge in [0.1, 0.15) is 0 Å². The predicted molar refractivity (Wildman–Crippen MR) is 134 cm³/mol. The molecule has 0 bridgehead atoms. The van der Waals surface area contributed by atoms with E-state index in [1.807, 2.05) is 19.1 Å². The van der Waals surface area contributed by atoms with E-state index in [2.05, 4.69) is 39.8 Å². The Morgan fingerprint density at radius 2 is 1.40 bits per heavy atom. The van der Waals surface area contributed by atoms with Crippen molar-refractivity contribution in [1.82, 2.24) is 0 Å². The Labute approximate surface area is 194 Å². The molecule has 0 radical (unpaired) electrons. The summed E-state index contributed by atoms with van der Waals surface area (Å²) in [5.74, 6) is -0.0745. The molecule has 0 aliphatic heterocycles. The first kappa shape index (κ1) is 27.6. The Balaban J connectivity index is 3.32. The molecule has 1 aromatic carbocycles. The maximum absolute atomic E-state index is 13.1. The van der Waals surface area contributed by atoms with E-state index in [1.54, 1.807) is 0 Å². The number of allylic oxidation sites excluding steroid dienone is 1. The summed E-state index contributed by atoms with van der Waals surface area (Å²) in [5.41, 5.74) is 2.22. The molecule has 1 aromatic rings. The van der Waals surface area contributed by atoms with Gasteiger partial charge in [-0.2, -0.15) is 0 Å². The molecular formula is C26H43ClO2Sn. The SMILES string of the molecule is CCC[CH2][Sn]([CH2]CCC)([CH2]CCC)/[C](C)=C(/CCc1ccc(Cl)cc1)C(=O)OCC. The molecular weight excluding hydrogens is 498 g/mol. The summed E-state index contributed by atoms with van der Waals surface area (Å²) >= 11 is 3.41. The number of carbonyl (C=O) groups excluding carboxylic acids is 1. The first-order chi connectivity index (χ1) is 14.4. The van der Waals surface area contributed by atoms with Crippen LogP contribution >= 0.6 is 11.6 Å². The van der Waals surface area contributed by atoms with Crippen molar-refractivity contribution in [3.63, 3.8) is 0 Å². The molecule has 0 aliphatic rings. The number of esters is 1. The van der Waals surface area contributed by atoms with Crippen molar-refractivity contribution in [2.24, 2.45) is 0 Å². The topological polar surface area (TPSA) is 26.3 Å². The van der Waals surface area contributed by atoms with Crippen LogP contribution < -0.4 is 0 Å². The molecule has 0 aromatic heterocycles. The van der Waals surface area contributed by atoms with E-state index in [0.717, 1.165) is 23.4 Å². The Morgan fingerprint density at radius 3 is 1.83 bits per heavy atom. The van der Waals surface area contributed by atoms with E-state index in [0.29, 0.717) is 6.61 Å². The van der Waals surface area contributed by atoms with Crippen LogP contribution in [0.2, 0.25) is 18.3 Å². The summed E-state index contributed by atoms with van der Waals surface area (Å²) in [7, 11) is 0. The van der Waals surface area contributed by atoms with Gasteiger partial charge >= 0.3 is 195 Å². The van der Waals surface area contributed by atoms with Gasteiger partial charge in [-0.15, -0.1) is 0 Å². The molecule has 0 atom stereocenters. The van der Waals surface area contributed by atoms with Crippen LogP contribution in [0.1, 0.15) is 85.1 Å². The second-order valence-corrected chi connectivity index (χ2v) is 22.7. The quantitative estimate of drug-likeness (QED) is 0.126. The summed E-state index contributed by atoms with van der Waals surface area (Å²) in [4.78, 5) is 13.1. The third kappa shape index (κ3) is 8.94. The molecule has 0 heterocycles. The molecule has 0 spiro atoms. The van der Waals surface area contributed by atoms with E-state index in [1.165, 1.54) is 61.0 Å². The number of carbonyl (C=O) groups is 1. The van der Waals surface area contributed by atoms with Crippen molar-refractivity contribution >= 4 is 35.9 Å². The molecule has 0 fully saturated rings. The minimum atomic E-state index is -2.64. The zero-order valence-corrected chi connectivity index (χ0v) is 23.6. The molecule has 2 nitrogen and oxygen atoms in total. The molecule has 0 amide bonds. The Bertz CT molecular complexity index is 630. The summed E-state index contributed by atoms with van der Waals surface area (Å²) in [6.45, 7) is 11.5. The van der Waals surface area contributed by atoms with Crippen LogP contribution in [0.3, 0.4) is 0 Å². The maximum atomic E-state index is 13.1. The molecule has 0 aliphatic carbocycles. The molecule has 170 valence electrons. The Hall–Kier alpha value is -0.481. The Morgan fingerprint density at radius 1 is 0.900 bits per heavy atom. The van der Waals surface area contributed by atoms with Crippen molar-refractivity contribution < 1.29 is 9.53 Å². The monoisotopic (exact) mass is 542 g/mol. The van der Waals surface area contributed by atoms with Crippen molar-refractivity contribution in [2.45, 2.75) is 99.3 Å². The fraction of sp³-hybridized carbons (Fsp3) is 0.654. The van der Waals surface area contributed by atoms with Crippen LogP contribution in [0.15, 0.2) is 33.4 Å². The van der Waals surface area contributed by atoms with E-state index in [9.17, 15) is 4.79 Å². The van der Waals surface area contributed by atoms with Gasteiger partial charge in [0.15, 0.2) is 0 Å². The normalized spacial score (nSPS) is 12.6. The zero-order valence-electron chi connectivity index (χ0n) is 20.0. The standard InChI is InChI=1S/C14H16ClO2.3C4H9.Sn/c1-3-12(14(16)17-4-2)8-5-11-6-9-13(15)10-7-11;3*1-3-4-2;/h6-7,9-10H,4-5,8H2,1-2H3;3*1,3-4H2,2H3;. The third-order valence-electron chi connectivity index (χ3n) is 6.37. The summed E-state index contributed by atoms with van der Waals surface area (Å²) in [6.07, 6.45) is 9.25. The van der Waals surface area contributed by atoms with E-state index >= 15 is 0 Å². The van der Waals surface area contributed by atoms with Crippen LogP contribution in [-0.2, 0) is 16.0 Å². The van der Waals surface area contributed by atoms with Crippen molar-refractivity contribution in [2.75, 3.05) is 6.61 Å². The van der Waals surface area contributed by atoms with Gasteiger partial charge < -0.3 is 0 Å². The third-order valence-corrected chi connectivity index (χ3v) is 23.2. The number of aryl methyl sites for hydroxylation is 1. The van der Waals surface area contributed by atoms with E-state index < -0.39 is 18.4 Å². The van der Waals surface area contributed by atoms with Crippen LogP contribution in [0.25, 0.3) is 0 Å². The number of benzene rings is 1. The van der Waals surface area contributed by atoms with E-state index in [-0.39, 0.29) is 5.97 Å². The number of rotatable bonds is 15.